The van der Waals surface area contributed by atoms with E-state index < -0.39 is 0 Å². The van der Waals surface area contributed by atoms with Gasteiger partial charge in [0.05, 0.1) is 0 Å². The molecular formula is C20H26N2. The van der Waals surface area contributed by atoms with Crippen LogP contribution in [0.15, 0.2) is 42.5 Å². The lowest BCUT2D eigenvalue weighted by atomic mass is 10.00. The van der Waals surface area contributed by atoms with Crippen molar-refractivity contribution in [3.05, 3.63) is 48.0 Å². The van der Waals surface area contributed by atoms with Gasteiger partial charge in [0.15, 0.2) is 0 Å². The maximum absolute atomic E-state index is 3.42. The van der Waals surface area contributed by atoms with Gasteiger partial charge >= 0.3 is 0 Å². The molecule has 2 aromatic carbocycles. The molecule has 2 fully saturated rings. The number of rotatable bonds is 5. The van der Waals surface area contributed by atoms with Crippen LogP contribution in [-0.4, -0.2) is 30.6 Å². The third-order valence-electron chi connectivity index (χ3n) is 5.40. The molecule has 2 nitrogen and oxygen atoms in total. The van der Waals surface area contributed by atoms with Gasteiger partial charge in [0.1, 0.15) is 0 Å². The van der Waals surface area contributed by atoms with Crippen LogP contribution in [0.2, 0.25) is 0 Å². The smallest absolute Gasteiger partial charge is 0.0237 e. The molecule has 1 saturated heterocycles. The zero-order valence-corrected chi connectivity index (χ0v) is 13.3. The van der Waals surface area contributed by atoms with Crippen molar-refractivity contribution in [3.8, 4) is 0 Å². The Labute approximate surface area is 133 Å². The van der Waals surface area contributed by atoms with Crippen molar-refractivity contribution in [2.24, 2.45) is 5.92 Å². The summed E-state index contributed by atoms with van der Waals surface area (Å²) in [7, 11) is 0. The van der Waals surface area contributed by atoms with Gasteiger partial charge in [-0.25, -0.2) is 0 Å². The zero-order chi connectivity index (χ0) is 14.8. The van der Waals surface area contributed by atoms with E-state index in [0.29, 0.717) is 0 Å². The molecule has 0 aromatic heterocycles. The molecule has 2 aliphatic rings. The predicted octanol–water partition coefficient (Wildman–Crippen LogP) is 3.80. The molecule has 0 bridgehead atoms. The normalized spacial score (nSPS) is 19.9. The van der Waals surface area contributed by atoms with Gasteiger partial charge in [-0.3, -0.25) is 4.90 Å². The molecule has 1 heterocycles. The van der Waals surface area contributed by atoms with Crippen molar-refractivity contribution in [1.82, 2.24) is 10.2 Å². The van der Waals surface area contributed by atoms with E-state index in [9.17, 15) is 0 Å². The fourth-order valence-electron chi connectivity index (χ4n) is 3.99. The average molecular weight is 294 g/mol. The first-order chi connectivity index (χ1) is 10.9. The summed E-state index contributed by atoms with van der Waals surface area (Å²) in [5.74, 6) is 0.862. The molecule has 116 valence electrons. The first-order valence-corrected chi connectivity index (χ1v) is 8.81. The van der Waals surface area contributed by atoms with E-state index in [1.54, 1.807) is 0 Å². The molecule has 0 radical (unpaired) electrons. The number of fused-ring (bicyclic) bond motifs is 1. The maximum Gasteiger partial charge on any atom is 0.0237 e. The van der Waals surface area contributed by atoms with E-state index in [-0.39, 0.29) is 0 Å². The van der Waals surface area contributed by atoms with Crippen LogP contribution < -0.4 is 5.32 Å². The molecule has 1 aliphatic heterocycles. The van der Waals surface area contributed by atoms with Gasteiger partial charge in [-0.05, 0) is 41.2 Å². The number of hydrogen-bond donors (Lipinski definition) is 1. The van der Waals surface area contributed by atoms with Crippen LogP contribution in [0.1, 0.15) is 31.2 Å². The Balaban J connectivity index is 1.52. The van der Waals surface area contributed by atoms with Crippen LogP contribution in [0.4, 0.5) is 0 Å². The van der Waals surface area contributed by atoms with Gasteiger partial charge < -0.3 is 5.32 Å². The van der Waals surface area contributed by atoms with Crippen molar-refractivity contribution < 1.29 is 0 Å². The van der Waals surface area contributed by atoms with E-state index in [4.69, 9.17) is 0 Å². The van der Waals surface area contributed by atoms with Crippen molar-refractivity contribution in [1.29, 1.82) is 0 Å². The predicted molar refractivity (Wildman–Crippen MR) is 93.0 cm³/mol. The SMILES string of the molecule is c1ccc2cc(CN(CC3CNC3)C3CCCC3)ccc2c1. The molecule has 0 atom stereocenters. The molecule has 1 aliphatic carbocycles. The van der Waals surface area contributed by atoms with E-state index >= 15 is 0 Å². The number of nitrogens with zero attached hydrogens (tertiary/aromatic N) is 1. The van der Waals surface area contributed by atoms with Crippen LogP contribution in [0.3, 0.4) is 0 Å². The highest BCUT2D eigenvalue weighted by molar-refractivity contribution is 5.82. The van der Waals surface area contributed by atoms with Crippen molar-refractivity contribution in [2.45, 2.75) is 38.3 Å². The average Bonchev–Trinajstić information content (AvgIpc) is 3.03. The van der Waals surface area contributed by atoms with Crippen molar-refractivity contribution in [3.63, 3.8) is 0 Å². The Kier molecular flexibility index (Phi) is 4.13. The van der Waals surface area contributed by atoms with E-state index in [2.05, 4.69) is 52.7 Å². The standard InChI is InChI=1S/C20H26N2/c1-2-6-19-11-16(9-10-18(19)5-1)14-22(15-17-12-21-13-17)20-7-3-4-8-20/h1-2,5-6,9-11,17,20-21H,3-4,7-8,12-15H2. The highest BCUT2D eigenvalue weighted by Crippen LogP contribution is 2.27. The summed E-state index contributed by atoms with van der Waals surface area (Å²) in [6, 6.07) is 16.5. The lowest BCUT2D eigenvalue weighted by Crippen LogP contribution is -2.49. The fraction of sp³-hybridized carbons (Fsp3) is 0.500. The second-order valence-corrected chi connectivity index (χ2v) is 7.07. The summed E-state index contributed by atoms with van der Waals surface area (Å²) in [6.07, 6.45) is 5.63. The molecular weight excluding hydrogens is 268 g/mol. The summed E-state index contributed by atoms with van der Waals surface area (Å²) >= 11 is 0. The van der Waals surface area contributed by atoms with E-state index in [1.165, 1.54) is 61.7 Å². The largest absolute Gasteiger partial charge is 0.316 e. The Hall–Kier alpha value is -1.38. The summed E-state index contributed by atoms with van der Waals surface area (Å²) in [5, 5.41) is 6.14. The zero-order valence-electron chi connectivity index (χ0n) is 13.3. The third-order valence-corrected chi connectivity index (χ3v) is 5.40. The minimum Gasteiger partial charge on any atom is -0.316 e. The maximum atomic E-state index is 3.42. The molecule has 22 heavy (non-hydrogen) atoms. The molecule has 0 unspecified atom stereocenters. The van der Waals surface area contributed by atoms with Crippen molar-refractivity contribution in [2.75, 3.05) is 19.6 Å². The first kappa shape index (κ1) is 14.2. The Morgan fingerprint density at radius 1 is 0.955 bits per heavy atom. The molecule has 2 aromatic rings. The Bertz CT molecular complexity index is 626. The Morgan fingerprint density at radius 3 is 2.45 bits per heavy atom. The lowest BCUT2D eigenvalue weighted by molar-refractivity contribution is 0.137. The Morgan fingerprint density at radius 2 is 1.73 bits per heavy atom. The van der Waals surface area contributed by atoms with Gasteiger partial charge in [0, 0.05) is 32.2 Å². The number of benzene rings is 2. The minimum absolute atomic E-state index is 0.812. The topological polar surface area (TPSA) is 15.3 Å². The van der Waals surface area contributed by atoms with Gasteiger partial charge in [0.25, 0.3) is 0 Å². The van der Waals surface area contributed by atoms with Gasteiger partial charge in [-0.15, -0.1) is 0 Å². The number of hydrogen-bond acceptors (Lipinski definition) is 2. The molecule has 4 rings (SSSR count). The van der Waals surface area contributed by atoms with Gasteiger partial charge in [-0.1, -0.05) is 49.2 Å². The molecule has 1 saturated carbocycles. The lowest BCUT2D eigenvalue weighted by Gasteiger charge is -2.36. The number of nitrogens with one attached hydrogen (secondary N) is 1. The quantitative estimate of drug-likeness (QED) is 0.902. The van der Waals surface area contributed by atoms with Crippen LogP contribution in [0.5, 0.6) is 0 Å². The molecule has 0 spiro atoms. The van der Waals surface area contributed by atoms with Crippen LogP contribution in [0.25, 0.3) is 10.8 Å². The molecule has 1 N–H and O–H groups in total. The van der Waals surface area contributed by atoms with Crippen LogP contribution in [0, 0.1) is 5.92 Å². The fourth-order valence-corrected chi connectivity index (χ4v) is 3.99. The molecule has 2 heteroatoms. The second kappa shape index (κ2) is 6.39. The summed E-state index contributed by atoms with van der Waals surface area (Å²) in [5.41, 5.74) is 1.47. The summed E-state index contributed by atoms with van der Waals surface area (Å²) < 4.78 is 0. The van der Waals surface area contributed by atoms with Crippen molar-refractivity contribution >= 4 is 10.8 Å². The first-order valence-electron chi connectivity index (χ1n) is 8.81. The highest BCUT2D eigenvalue weighted by Gasteiger charge is 2.27. The van der Waals surface area contributed by atoms with Gasteiger partial charge in [-0.2, -0.15) is 0 Å². The van der Waals surface area contributed by atoms with E-state index in [1.807, 2.05) is 0 Å². The van der Waals surface area contributed by atoms with Gasteiger partial charge in [0.2, 0.25) is 0 Å². The monoisotopic (exact) mass is 294 g/mol. The van der Waals surface area contributed by atoms with Crippen LogP contribution >= 0.6 is 0 Å². The summed E-state index contributed by atoms with van der Waals surface area (Å²) in [4.78, 5) is 2.77. The second-order valence-electron chi connectivity index (χ2n) is 7.07. The minimum atomic E-state index is 0.812. The summed E-state index contributed by atoms with van der Waals surface area (Å²) in [6.45, 7) is 4.80. The third kappa shape index (κ3) is 3.04. The molecule has 0 amide bonds. The highest BCUT2D eigenvalue weighted by atomic mass is 15.2. The van der Waals surface area contributed by atoms with E-state index in [0.717, 1.165) is 18.5 Å². The van der Waals surface area contributed by atoms with Crippen LogP contribution in [-0.2, 0) is 6.54 Å².